The molecule has 0 aromatic heterocycles. The van der Waals surface area contributed by atoms with Gasteiger partial charge in [0.05, 0.1) is 12.0 Å². The third-order valence-corrected chi connectivity index (χ3v) is 3.28. The third kappa shape index (κ3) is 1.89. The van der Waals surface area contributed by atoms with Crippen LogP contribution in [0.2, 0.25) is 0 Å². The predicted molar refractivity (Wildman–Crippen MR) is 69.6 cm³/mol. The Labute approximate surface area is 106 Å². The fraction of sp³-hybridized carbons (Fsp3) is 0.133. The average Bonchev–Trinajstić information content (AvgIpc) is 2.83. The summed E-state index contributed by atoms with van der Waals surface area (Å²) in [4.78, 5) is 12.0. The van der Waals surface area contributed by atoms with Crippen molar-refractivity contribution in [2.24, 2.45) is 0 Å². The van der Waals surface area contributed by atoms with E-state index < -0.39 is 0 Å². The molecule has 0 radical (unpaired) electrons. The molecule has 1 aliphatic rings. The Morgan fingerprint density at radius 2 is 1.33 bits per heavy atom. The molecule has 18 heavy (non-hydrogen) atoms. The van der Waals surface area contributed by atoms with E-state index in [0.717, 1.165) is 11.1 Å². The van der Waals surface area contributed by atoms with Crippen molar-refractivity contribution in [3.05, 3.63) is 71.8 Å². The Morgan fingerprint density at radius 1 is 0.778 bits per heavy atom. The molecule has 0 saturated carbocycles. The lowest BCUT2D eigenvalue weighted by Crippen LogP contribution is -2.27. The first-order valence-electron chi connectivity index (χ1n) is 6.01. The Hall–Kier alpha value is -2.13. The first-order chi connectivity index (χ1) is 8.86. The number of hydrogen-bond acceptors (Lipinski definition) is 2. The van der Waals surface area contributed by atoms with Gasteiger partial charge in [0.15, 0.2) is 0 Å². The van der Waals surface area contributed by atoms with Gasteiger partial charge in [-0.25, -0.2) is 5.43 Å². The van der Waals surface area contributed by atoms with Crippen LogP contribution in [0, 0.1) is 0 Å². The van der Waals surface area contributed by atoms with Crippen LogP contribution in [0.1, 0.15) is 23.1 Å². The van der Waals surface area contributed by atoms with E-state index in [2.05, 4.69) is 10.9 Å². The van der Waals surface area contributed by atoms with Gasteiger partial charge < -0.3 is 0 Å². The highest BCUT2D eigenvalue weighted by Crippen LogP contribution is 2.33. The zero-order chi connectivity index (χ0) is 12.4. The lowest BCUT2D eigenvalue weighted by molar-refractivity contribution is -0.120. The van der Waals surface area contributed by atoms with E-state index in [1.807, 2.05) is 60.7 Å². The number of hydrogen-bond donors (Lipinski definition) is 2. The van der Waals surface area contributed by atoms with Crippen molar-refractivity contribution < 1.29 is 4.79 Å². The first kappa shape index (κ1) is 11.0. The van der Waals surface area contributed by atoms with Crippen molar-refractivity contribution in [1.82, 2.24) is 10.9 Å². The van der Waals surface area contributed by atoms with Gasteiger partial charge in [-0.15, -0.1) is 0 Å². The Bertz CT molecular complexity index is 539. The van der Waals surface area contributed by atoms with E-state index in [0.29, 0.717) is 0 Å². The molecule has 1 heterocycles. The van der Waals surface area contributed by atoms with E-state index in [1.54, 1.807) is 0 Å². The second-order valence-corrected chi connectivity index (χ2v) is 4.41. The molecule has 1 fully saturated rings. The molecule has 2 atom stereocenters. The summed E-state index contributed by atoms with van der Waals surface area (Å²) in [5.74, 6) is -0.149. The lowest BCUT2D eigenvalue weighted by atomic mass is 9.88. The minimum Gasteiger partial charge on any atom is -0.290 e. The Morgan fingerprint density at radius 3 is 1.94 bits per heavy atom. The largest absolute Gasteiger partial charge is 0.290 e. The molecule has 1 aliphatic heterocycles. The molecule has 1 amide bonds. The van der Waals surface area contributed by atoms with Gasteiger partial charge in [-0.3, -0.25) is 10.2 Å². The average molecular weight is 238 g/mol. The number of amides is 1. The van der Waals surface area contributed by atoms with E-state index in [9.17, 15) is 4.79 Å². The monoisotopic (exact) mass is 238 g/mol. The van der Waals surface area contributed by atoms with Crippen molar-refractivity contribution in [3.8, 4) is 0 Å². The maximum Gasteiger partial charge on any atom is 0.243 e. The van der Waals surface area contributed by atoms with Crippen LogP contribution < -0.4 is 10.9 Å². The Balaban J connectivity index is 1.98. The van der Waals surface area contributed by atoms with E-state index in [4.69, 9.17) is 0 Å². The number of hydrazine groups is 1. The molecular formula is C15H14N2O. The summed E-state index contributed by atoms with van der Waals surface area (Å²) in [5, 5.41) is 0. The summed E-state index contributed by atoms with van der Waals surface area (Å²) in [6, 6.07) is 19.9. The van der Waals surface area contributed by atoms with Crippen LogP contribution >= 0.6 is 0 Å². The van der Waals surface area contributed by atoms with Gasteiger partial charge in [-0.1, -0.05) is 60.7 Å². The van der Waals surface area contributed by atoms with Crippen LogP contribution in [-0.4, -0.2) is 5.91 Å². The highest BCUT2D eigenvalue weighted by Gasteiger charge is 2.36. The van der Waals surface area contributed by atoms with Gasteiger partial charge in [0.1, 0.15) is 0 Å². The van der Waals surface area contributed by atoms with Crippen molar-refractivity contribution in [2.45, 2.75) is 12.0 Å². The fourth-order valence-electron chi connectivity index (χ4n) is 2.40. The second kappa shape index (κ2) is 4.63. The van der Waals surface area contributed by atoms with Gasteiger partial charge in [0, 0.05) is 0 Å². The summed E-state index contributed by atoms with van der Waals surface area (Å²) in [5.41, 5.74) is 7.95. The molecule has 1 saturated heterocycles. The molecule has 3 rings (SSSR count). The van der Waals surface area contributed by atoms with Crippen molar-refractivity contribution >= 4 is 5.91 Å². The van der Waals surface area contributed by atoms with Crippen LogP contribution in [0.4, 0.5) is 0 Å². The minimum absolute atomic E-state index is 0.0129. The van der Waals surface area contributed by atoms with E-state index >= 15 is 0 Å². The highest BCUT2D eigenvalue weighted by atomic mass is 16.2. The van der Waals surface area contributed by atoms with Gasteiger partial charge in [0.2, 0.25) is 5.91 Å². The number of carbonyl (C=O) groups excluding carboxylic acids is 1. The molecule has 3 heteroatoms. The van der Waals surface area contributed by atoms with Crippen LogP contribution in [0.3, 0.4) is 0 Å². The van der Waals surface area contributed by atoms with Gasteiger partial charge in [-0.05, 0) is 11.1 Å². The van der Waals surface area contributed by atoms with E-state index in [1.165, 1.54) is 0 Å². The molecule has 2 aromatic carbocycles. The molecule has 0 spiro atoms. The Kier molecular flexibility index (Phi) is 2.82. The molecular weight excluding hydrogens is 224 g/mol. The summed E-state index contributed by atoms with van der Waals surface area (Å²) in [6.07, 6.45) is 0. The molecule has 0 unspecified atom stereocenters. The summed E-state index contributed by atoms with van der Waals surface area (Å²) >= 11 is 0. The molecule has 0 bridgehead atoms. The fourth-order valence-corrected chi connectivity index (χ4v) is 2.40. The van der Waals surface area contributed by atoms with Gasteiger partial charge in [0.25, 0.3) is 0 Å². The molecule has 2 aromatic rings. The number of rotatable bonds is 2. The third-order valence-electron chi connectivity index (χ3n) is 3.28. The van der Waals surface area contributed by atoms with Crippen molar-refractivity contribution in [1.29, 1.82) is 0 Å². The summed E-state index contributed by atoms with van der Waals surface area (Å²) < 4.78 is 0. The molecule has 0 aliphatic carbocycles. The van der Waals surface area contributed by atoms with Gasteiger partial charge in [-0.2, -0.15) is 0 Å². The first-order valence-corrected chi connectivity index (χ1v) is 6.01. The van der Waals surface area contributed by atoms with Crippen molar-refractivity contribution in [3.63, 3.8) is 0 Å². The van der Waals surface area contributed by atoms with Crippen molar-refractivity contribution in [2.75, 3.05) is 0 Å². The normalized spacial score (nSPS) is 22.8. The molecule has 90 valence electrons. The SMILES string of the molecule is O=C1NN[C@@H](c2ccccc2)[C@H]1c1ccccc1. The topological polar surface area (TPSA) is 41.1 Å². The quantitative estimate of drug-likeness (QED) is 0.841. The number of benzene rings is 2. The highest BCUT2D eigenvalue weighted by molar-refractivity contribution is 5.86. The van der Waals surface area contributed by atoms with Crippen LogP contribution in [-0.2, 0) is 4.79 Å². The number of carbonyl (C=O) groups is 1. The molecule has 3 nitrogen and oxygen atoms in total. The predicted octanol–water partition coefficient (Wildman–Crippen LogP) is 2.15. The van der Waals surface area contributed by atoms with Crippen LogP contribution in [0.15, 0.2) is 60.7 Å². The van der Waals surface area contributed by atoms with E-state index in [-0.39, 0.29) is 17.9 Å². The summed E-state index contributed by atoms with van der Waals surface area (Å²) in [6.45, 7) is 0. The summed E-state index contributed by atoms with van der Waals surface area (Å²) in [7, 11) is 0. The zero-order valence-corrected chi connectivity index (χ0v) is 9.84. The van der Waals surface area contributed by atoms with Crippen LogP contribution in [0.5, 0.6) is 0 Å². The zero-order valence-electron chi connectivity index (χ0n) is 9.84. The minimum atomic E-state index is -0.173. The van der Waals surface area contributed by atoms with Crippen LogP contribution in [0.25, 0.3) is 0 Å². The second-order valence-electron chi connectivity index (χ2n) is 4.41. The lowest BCUT2D eigenvalue weighted by Gasteiger charge is -2.17. The standard InChI is InChI=1S/C15H14N2O/c18-15-13(11-7-3-1-4-8-11)14(16-17-15)12-9-5-2-6-10-12/h1-10,13-14,16H,(H,17,18)/t13-,14+/m1/s1. The maximum atomic E-state index is 12.0. The van der Waals surface area contributed by atoms with Gasteiger partial charge >= 0.3 is 0 Å². The number of nitrogens with one attached hydrogen (secondary N) is 2. The molecule has 2 N–H and O–H groups in total. The maximum absolute atomic E-state index is 12.0. The smallest absolute Gasteiger partial charge is 0.243 e.